The van der Waals surface area contributed by atoms with Crippen LogP contribution in [0.1, 0.15) is 39.0 Å². The Morgan fingerprint density at radius 2 is 1.94 bits per heavy atom. The molecule has 0 radical (unpaired) electrons. The minimum atomic E-state index is -3.12. The molecule has 0 aliphatic heterocycles. The number of aliphatic hydroxyl groups excluding tert-OH is 1. The average molecular weight is 249 g/mol. The van der Waals surface area contributed by atoms with Crippen molar-refractivity contribution in [2.24, 2.45) is 5.92 Å². The molecular weight excluding hydrogens is 226 g/mol. The van der Waals surface area contributed by atoms with E-state index in [0.717, 1.165) is 25.7 Å². The summed E-state index contributed by atoms with van der Waals surface area (Å²) in [5.74, 6) is 0.627. The maximum atomic E-state index is 11.9. The first-order chi connectivity index (χ1) is 7.42. The molecule has 0 saturated heterocycles. The van der Waals surface area contributed by atoms with Crippen LogP contribution in [0.4, 0.5) is 0 Å². The topological polar surface area (TPSA) is 57.6 Å². The quantitative estimate of drug-likeness (QED) is 0.770. The van der Waals surface area contributed by atoms with Gasteiger partial charge in [-0.25, -0.2) is 12.7 Å². The van der Waals surface area contributed by atoms with E-state index in [2.05, 4.69) is 0 Å². The van der Waals surface area contributed by atoms with Gasteiger partial charge in [-0.2, -0.15) is 0 Å². The third-order valence-electron chi connectivity index (χ3n) is 3.26. The lowest BCUT2D eigenvalue weighted by molar-refractivity contribution is 0.177. The zero-order valence-electron chi connectivity index (χ0n) is 10.2. The Kier molecular flexibility index (Phi) is 5.21. The monoisotopic (exact) mass is 249 g/mol. The second kappa shape index (κ2) is 5.98. The molecule has 0 aromatic heterocycles. The van der Waals surface area contributed by atoms with Gasteiger partial charge in [0.25, 0.3) is 0 Å². The Morgan fingerprint density at radius 3 is 2.44 bits per heavy atom. The molecule has 0 aromatic rings. The lowest BCUT2D eigenvalue weighted by Gasteiger charge is -2.20. The Balaban J connectivity index is 2.42. The fraction of sp³-hybridized carbons (Fsp3) is 1.00. The van der Waals surface area contributed by atoms with Gasteiger partial charge in [-0.15, -0.1) is 0 Å². The van der Waals surface area contributed by atoms with E-state index >= 15 is 0 Å². The van der Waals surface area contributed by atoms with Crippen molar-refractivity contribution < 1.29 is 13.5 Å². The number of rotatable bonds is 6. The third-order valence-corrected chi connectivity index (χ3v) is 5.28. The second-order valence-electron chi connectivity index (χ2n) is 4.89. The van der Waals surface area contributed by atoms with Crippen LogP contribution >= 0.6 is 0 Å². The summed E-state index contributed by atoms with van der Waals surface area (Å²) < 4.78 is 25.3. The fourth-order valence-electron chi connectivity index (χ4n) is 2.11. The van der Waals surface area contributed by atoms with Crippen molar-refractivity contribution in [2.75, 3.05) is 19.3 Å². The van der Waals surface area contributed by atoms with Crippen molar-refractivity contribution in [3.8, 4) is 0 Å². The zero-order valence-corrected chi connectivity index (χ0v) is 11.0. The molecule has 1 aliphatic carbocycles. The van der Waals surface area contributed by atoms with Crippen LogP contribution in [0.25, 0.3) is 0 Å². The van der Waals surface area contributed by atoms with Gasteiger partial charge in [-0.1, -0.05) is 12.8 Å². The van der Waals surface area contributed by atoms with Crippen LogP contribution in [-0.2, 0) is 10.0 Å². The summed E-state index contributed by atoms with van der Waals surface area (Å²) in [7, 11) is -1.51. The first-order valence-corrected chi connectivity index (χ1v) is 7.65. The molecule has 0 amide bonds. The molecule has 1 atom stereocenters. The van der Waals surface area contributed by atoms with Gasteiger partial charge in [0.1, 0.15) is 0 Å². The van der Waals surface area contributed by atoms with E-state index in [4.69, 9.17) is 5.11 Å². The van der Waals surface area contributed by atoms with Gasteiger partial charge in [-0.3, -0.25) is 0 Å². The normalized spacial score (nSPS) is 20.5. The van der Waals surface area contributed by atoms with Gasteiger partial charge in [0.15, 0.2) is 0 Å². The molecular formula is C11H23NO3S. The molecule has 1 rings (SSSR count). The SMILES string of the molecule is CC(O)CCN(C)S(=O)(=O)CC1CCCC1. The van der Waals surface area contributed by atoms with Gasteiger partial charge in [0, 0.05) is 13.6 Å². The van der Waals surface area contributed by atoms with Crippen molar-refractivity contribution in [3.63, 3.8) is 0 Å². The first-order valence-electron chi connectivity index (χ1n) is 6.04. The zero-order chi connectivity index (χ0) is 12.2. The molecule has 1 N–H and O–H groups in total. The summed E-state index contributed by atoms with van der Waals surface area (Å²) in [6, 6.07) is 0. The summed E-state index contributed by atoms with van der Waals surface area (Å²) in [5, 5.41) is 9.13. The minimum absolute atomic E-state index is 0.281. The molecule has 96 valence electrons. The van der Waals surface area contributed by atoms with E-state index in [9.17, 15) is 8.42 Å². The molecule has 0 spiro atoms. The van der Waals surface area contributed by atoms with Crippen LogP contribution in [0.3, 0.4) is 0 Å². The van der Waals surface area contributed by atoms with Crippen molar-refractivity contribution in [3.05, 3.63) is 0 Å². The van der Waals surface area contributed by atoms with Crippen LogP contribution in [0.5, 0.6) is 0 Å². The second-order valence-corrected chi connectivity index (χ2v) is 7.01. The Hall–Kier alpha value is -0.130. The van der Waals surface area contributed by atoms with Gasteiger partial charge >= 0.3 is 0 Å². The molecule has 1 saturated carbocycles. The Bertz CT molecular complexity index is 294. The number of nitrogens with zero attached hydrogens (tertiary/aromatic N) is 1. The summed E-state index contributed by atoms with van der Waals surface area (Å²) >= 11 is 0. The Labute approximate surface area is 98.7 Å². The molecule has 0 aromatic carbocycles. The molecule has 16 heavy (non-hydrogen) atoms. The largest absolute Gasteiger partial charge is 0.393 e. The van der Waals surface area contributed by atoms with Crippen molar-refractivity contribution >= 4 is 10.0 Å². The summed E-state index contributed by atoms with van der Waals surface area (Å²) in [6.07, 6.45) is 4.48. The van der Waals surface area contributed by atoms with Gasteiger partial charge < -0.3 is 5.11 Å². The van der Waals surface area contributed by atoms with E-state index in [1.165, 1.54) is 4.31 Å². The van der Waals surface area contributed by atoms with E-state index in [1.807, 2.05) is 0 Å². The molecule has 1 unspecified atom stereocenters. The highest BCUT2D eigenvalue weighted by Crippen LogP contribution is 2.26. The summed E-state index contributed by atoms with van der Waals surface area (Å²) in [6.45, 7) is 2.09. The molecule has 0 bridgehead atoms. The number of hydrogen-bond donors (Lipinski definition) is 1. The lowest BCUT2D eigenvalue weighted by Crippen LogP contribution is -2.33. The molecule has 4 nitrogen and oxygen atoms in total. The maximum absolute atomic E-state index is 11.9. The van der Waals surface area contributed by atoms with Crippen LogP contribution in [0.15, 0.2) is 0 Å². The van der Waals surface area contributed by atoms with E-state index in [0.29, 0.717) is 18.9 Å². The number of sulfonamides is 1. The highest BCUT2D eigenvalue weighted by Gasteiger charge is 2.25. The van der Waals surface area contributed by atoms with Crippen molar-refractivity contribution in [1.82, 2.24) is 4.31 Å². The molecule has 5 heteroatoms. The van der Waals surface area contributed by atoms with E-state index < -0.39 is 16.1 Å². The van der Waals surface area contributed by atoms with Crippen molar-refractivity contribution in [2.45, 2.75) is 45.1 Å². The smallest absolute Gasteiger partial charge is 0.214 e. The standard InChI is InChI=1S/C11H23NO3S/c1-10(13)7-8-12(2)16(14,15)9-11-5-3-4-6-11/h10-11,13H,3-9H2,1-2H3. The predicted molar refractivity (Wildman–Crippen MR) is 64.7 cm³/mol. The fourth-order valence-corrected chi connectivity index (χ4v) is 3.68. The number of hydrogen-bond acceptors (Lipinski definition) is 3. The molecule has 0 heterocycles. The lowest BCUT2D eigenvalue weighted by atomic mass is 10.1. The third kappa shape index (κ3) is 4.39. The highest BCUT2D eigenvalue weighted by atomic mass is 32.2. The number of aliphatic hydroxyl groups is 1. The van der Waals surface area contributed by atoms with E-state index in [1.54, 1.807) is 14.0 Å². The predicted octanol–water partition coefficient (Wildman–Crippen LogP) is 1.21. The van der Waals surface area contributed by atoms with Crippen LogP contribution in [0, 0.1) is 5.92 Å². The Morgan fingerprint density at radius 1 is 1.38 bits per heavy atom. The van der Waals surface area contributed by atoms with Gasteiger partial charge in [0.2, 0.25) is 10.0 Å². The van der Waals surface area contributed by atoms with Gasteiger partial charge in [0.05, 0.1) is 11.9 Å². The van der Waals surface area contributed by atoms with Crippen LogP contribution in [0.2, 0.25) is 0 Å². The maximum Gasteiger partial charge on any atom is 0.214 e. The molecule has 1 fully saturated rings. The summed E-state index contributed by atoms with van der Waals surface area (Å²) in [5.41, 5.74) is 0. The van der Waals surface area contributed by atoms with Gasteiger partial charge in [-0.05, 0) is 32.1 Å². The van der Waals surface area contributed by atoms with Crippen LogP contribution in [-0.4, -0.2) is 43.3 Å². The summed E-state index contributed by atoms with van der Waals surface area (Å²) in [4.78, 5) is 0. The van der Waals surface area contributed by atoms with E-state index in [-0.39, 0.29) is 5.75 Å². The molecule has 1 aliphatic rings. The first kappa shape index (κ1) is 13.9. The average Bonchev–Trinajstić information content (AvgIpc) is 2.65. The minimum Gasteiger partial charge on any atom is -0.393 e. The van der Waals surface area contributed by atoms with Crippen LogP contribution < -0.4 is 0 Å². The van der Waals surface area contributed by atoms with Crippen molar-refractivity contribution in [1.29, 1.82) is 0 Å². The highest BCUT2D eigenvalue weighted by molar-refractivity contribution is 7.89.